The number of nitrogens with one attached hydrogen (secondary N) is 1. The molecule has 1 aliphatic carbocycles. The van der Waals surface area contributed by atoms with E-state index in [2.05, 4.69) is 17.1 Å². The fourth-order valence-corrected chi connectivity index (χ4v) is 2.49. The Labute approximate surface area is 98.6 Å². The lowest BCUT2D eigenvalue weighted by Gasteiger charge is -2.30. The molecule has 3 heteroatoms. The molecule has 2 fully saturated rings. The molecule has 3 nitrogen and oxygen atoms in total. The van der Waals surface area contributed by atoms with Crippen LogP contribution in [-0.4, -0.2) is 37.0 Å². The number of piperidine rings is 1. The van der Waals surface area contributed by atoms with Crippen LogP contribution in [0.15, 0.2) is 0 Å². The van der Waals surface area contributed by atoms with Gasteiger partial charge in [-0.1, -0.05) is 6.92 Å². The molecule has 1 atom stereocenters. The van der Waals surface area contributed by atoms with Crippen LogP contribution in [0.25, 0.3) is 0 Å². The fourth-order valence-electron chi connectivity index (χ4n) is 2.49. The third kappa shape index (κ3) is 3.78. The molecule has 16 heavy (non-hydrogen) atoms. The van der Waals surface area contributed by atoms with Crippen LogP contribution < -0.4 is 5.32 Å². The molecule has 1 amide bonds. The first-order valence-electron chi connectivity index (χ1n) is 6.76. The van der Waals surface area contributed by atoms with Crippen LogP contribution in [0.4, 0.5) is 0 Å². The van der Waals surface area contributed by atoms with Crippen LogP contribution in [0.5, 0.6) is 0 Å². The van der Waals surface area contributed by atoms with Gasteiger partial charge in [-0.2, -0.15) is 0 Å². The van der Waals surface area contributed by atoms with Gasteiger partial charge in [-0.25, -0.2) is 0 Å². The molecule has 2 rings (SSSR count). The molecule has 1 heterocycles. The molecule has 2 aliphatic rings. The van der Waals surface area contributed by atoms with Crippen LogP contribution in [0.1, 0.15) is 39.0 Å². The summed E-state index contributed by atoms with van der Waals surface area (Å²) >= 11 is 0. The SMILES string of the molecule is C[C@@H]1CCCN(CCCNC(=O)C2CC2)C1. The Kier molecular flexibility index (Phi) is 4.22. The van der Waals surface area contributed by atoms with Crippen LogP contribution in [0, 0.1) is 11.8 Å². The molecule has 0 spiro atoms. The number of nitrogens with zero attached hydrogens (tertiary/aromatic N) is 1. The summed E-state index contributed by atoms with van der Waals surface area (Å²) in [7, 11) is 0. The predicted molar refractivity (Wildman–Crippen MR) is 65.2 cm³/mol. The molecule has 1 aliphatic heterocycles. The van der Waals surface area contributed by atoms with Gasteiger partial charge in [-0.15, -0.1) is 0 Å². The van der Waals surface area contributed by atoms with E-state index in [1.165, 1.54) is 25.9 Å². The van der Waals surface area contributed by atoms with Crippen molar-refractivity contribution in [3.63, 3.8) is 0 Å². The Morgan fingerprint density at radius 3 is 2.88 bits per heavy atom. The average molecular weight is 224 g/mol. The summed E-state index contributed by atoms with van der Waals surface area (Å²) in [4.78, 5) is 13.9. The summed E-state index contributed by atoms with van der Waals surface area (Å²) < 4.78 is 0. The van der Waals surface area contributed by atoms with Crippen molar-refractivity contribution in [3.05, 3.63) is 0 Å². The second-order valence-corrected chi connectivity index (χ2v) is 5.47. The Hall–Kier alpha value is -0.570. The lowest BCUT2D eigenvalue weighted by Crippen LogP contribution is -2.36. The molecule has 0 aromatic carbocycles. The van der Waals surface area contributed by atoms with Gasteiger partial charge < -0.3 is 10.2 Å². The second-order valence-electron chi connectivity index (χ2n) is 5.47. The van der Waals surface area contributed by atoms with E-state index in [-0.39, 0.29) is 5.91 Å². The highest BCUT2D eigenvalue weighted by molar-refractivity contribution is 5.80. The van der Waals surface area contributed by atoms with Gasteiger partial charge in [0, 0.05) is 19.0 Å². The zero-order valence-corrected chi connectivity index (χ0v) is 10.4. The van der Waals surface area contributed by atoms with Crippen molar-refractivity contribution in [1.29, 1.82) is 0 Å². The highest BCUT2D eigenvalue weighted by atomic mass is 16.2. The maximum absolute atomic E-state index is 11.4. The van der Waals surface area contributed by atoms with Crippen molar-refractivity contribution < 1.29 is 4.79 Å². The normalized spacial score (nSPS) is 26.7. The van der Waals surface area contributed by atoms with Crippen LogP contribution in [-0.2, 0) is 4.79 Å². The standard InChI is InChI=1S/C13H24N2O/c1-11-4-2-8-15(10-11)9-3-7-14-13(16)12-5-6-12/h11-12H,2-10H2,1H3,(H,14,16)/t11-/m1/s1. The van der Waals surface area contributed by atoms with Gasteiger partial charge in [0.15, 0.2) is 0 Å². The molecule has 0 aromatic heterocycles. The molecule has 1 saturated heterocycles. The average Bonchev–Trinajstić information content (AvgIpc) is 3.08. The molecular formula is C13H24N2O. The maximum Gasteiger partial charge on any atom is 0.223 e. The van der Waals surface area contributed by atoms with Crippen molar-refractivity contribution >= 4 is 5.91 Å². The van der Waals surface area contributed by atoms with E-state index in [0.717, 1.165) is 38.3 Å². The van der Waals surface area contributed by atoms with E-state index in [4.69, 9.17) is 0 Å². The van der Waals surface area contributed by atoms with Crippen molar-refractivity contribution in [2.24, 2.45) is 11.8 Å². The molecule has 0 unspecified atom stereocenters. The predicted octanol–water partition coefficient (Wildman–Crippen LogP) is 1.63. The van der Waals surface area contributed by atoms with Gasteiger partial charge in [-0.3, -0.25) is 4.79 Å². The molecule has 1 saturated carbocycles. The van der Waals surface area contributed by atoms with Gasteiger partial charge in [0.2, 0.25) is 5.91 Å². The summed E-state index contributed by atoms with van der Waals surface area (Å²) in [6, 6.07) is 0. The first kappa shape index (κ1) is 11.9. The summed E-state index contributed by atoms with van der Waals surface area (Å²) in [6.07, 6.45) is 6.04. The van der Waals surface area contributed by atoms with Crippen LogP contribution >= 0.6 is 0 Å². The fraction of sp³-hybridized carbons (Fsp3) is 0.923. The largest absolute Gasteiger partial charge is 0.356 e. The maximum atomic E-state index is 11.4. The topological polar surface area (TPSA) is 32.3 Å². The lowest BCUT2D eigenvalue weighted by molar-refractivity contribution is -0.122. The van der Waals surface area contributed by atoms with E-state index in [9.17, 15) is 4.79 Å². The number of hydrogen-bond acceptors (Lipinski definition) is 2. The summed E-state index contributed by atoms with van der Waals surface area (Å²) in [5.74, 6) is 1.50. The van der Waals surface area contributed by atoms with E-state index in [0.29, 0.717) is 5.92 Å². The van der Waals surface area contributed by atoms with Gasteiger partial charge in [0.05, 0.1) is 0 Å². The second kappa shape index (κ2) is 5.67. The van der Waals surface area contributed by atoms with E-state index < -0.39 is 0 Å². The Balaban J connectivity index is 1.51. The minimum atomic E-state index is 0.284. The van der Waals surface area contributed by atoms with E-state index in [1.807, 2.05) is 0 Å². The molecular weight excluding hydrogens is 200 g/mol. The molecule has 0 radical (unpaired) electrons. The summed E-state index contributed by atoms with van der Waals surface area (Å²) in [5.41, 5.74) is 0. The number of carbonyl (C=O) groups excluding carboxylic acids is 1. The molecule has 92 valence electrons. The third-order valence-corrected chi connectivity index (χ3v) is 3.64. The minimum absolute atomic E-state index is 0.284. The summed E-state index contributed by atoms with van der Waals surface area (Å²) in [5, 5.41) is 3.03. The van der Waals surface area contributed by atoms with Crippen LogP contribution in [0.3, 0.4) is 0 Å². The monoisotopic (exact) mass is 224 g/mol. The number of carbonyl (C=O) groups is 1. The first-order valence-corrected chi connectivity index (χ1v) is 6.76. The van der Waals surface area contributed by atoms with Crippen molar-refractivity contribution in [1.82, 2.24) is 10.2 Å². The molecule has 0 bridgehead atoms. The molecule has 1 N–H and O–H groups in total. The highest BCUT2D eigenvalue weighted by Gasteiger charge is 2.29. The Bertz CT molecular complexity index is 238. The smallest absolute Gasteiger partial charge is 0.223 e. The van der Waals surface area contributed by atoms with Gasteiger partial charge in [0.1, 0.15) is 0 Å². The number of amides is 1. The van der Waals surface area contributed by atoms with Gasteiger partial charge >= 0.3 is 0 Å². The molecule has 0 aromatic rings. The number of likely N-dealkylation sites (tertiary alicyclic amines) is 1. The first-order chi connectivity index (χ1) is 7.75. The Morgan fingerprint density at radius 1 is 1.38 bits per heavy atom. The highest BCUT2D eigenvalue weighted by Crippen LogP contribution is 2.28. The van der Waals surface area contributed by atoms with Crippen molar-refractivity contribution in [2.75, 3.05) is 26.2 Å². The number of hydrogen-bond donors (Lipinski definition) is 1. The lowest BCUT2D eigenvalue weighted by atomic mass is 10.0. The van der Waals surface area contributed by atoms with E-state index >= 15 is 0 Å². The summed E-state index contributed by atoms with van der Waals surface area (Å²) in [6.45, 7) is 6.84. The zero-order chi connectivity index (χ0) is 11.4. The van der Waals surface area contributed by atoms with Gasteiger partial charge in [0.25, 0.3) is 0 Å². The quantitative estimate of drug-likeness (QED) is 0.720. The van der Waals surface area contributed by atoms with Crippen molar-refractivity contribution in [3.8, 4) is 0 Å². The number of rotatable bonds is 5. The minimum Gasteiger partial charge on any atom is -0.356 e. The van der Waals surface area contributed by atoms with Crippen molar-refractivity contribution in [2.45, 2.75) is 39.0 Å². The Morgan fingerprint density at radius 2 is 2.19 bits per heavy atom. The van der Waals surface area contributed by atoms with Gasteiger partial charge in [-0.05, 0) is 51.1 Å². The van der Waals surface area contributed by atoms with Crippen LogP contribution in [0.2, 0.25) is 0 Å². The third-order valence-electron chi connectivity index (χ3n) is 3.64. The van der Waals surface area contributed by atoms with E-state index in [1.54, 1.807) is 0 Å². The zero-order valence-electron chi connectivity index (χ0n) is 10.4.